The lowest BCUT2D eigenvalue weighted by molar-refractivity contribution is -0.384. The highest BCUT2D eigenvalue weighted by Gasteiger charge is 2.37. The van der Waals surface area contributed by atoms with Crippen molar-refractivity contribution in [3.05, 3.63) is 45.3 Å². The lowest BCUT2D eigenvalue weighted by Crippen LogP contribution is -2.37. The fourth-order valence-electron chi connectivity index (χ4n) is 2.15. The third-order valence-electron chi connectivity index (χ3n) is 3.66. The first-order valence-corrected chi connectivity index (χ1v) is 9.30. The second-order valence-corrected chi connectivity index (χ2v) is 7.25. The lowest BCUT2D eigenvalue weighted by atomic mass is 10.1. The number of likely N-dealkylation sites (N-methyl/N-ethyl adjacent to an activating group) is 1. The minimum atomic E-state index is -4.03. The summed E-state index contributed by atoms with van der Waals surface area (Å²) in [7, 11) is -1.83. The quantitative estimate of drug-likeness (QED) is 0.211. The van der Waals surface area contributed by atoms with Crippen LogP contribution in [0.3, 0.4) is 0 Å². The van der Waals surface area contributed by atoms with Gasteiger partial charge in [0.05, 0.1) is 4.92 Å². The van der Waals surface area contributed by atoms with Crippen molar-refractivity contribution in [1.82, 2.24) is 4.90 Å². The van der Waals surface area contributed by atoms with Crippen molar-refractivity contribution in [3.8, 4) is 0 Å². The second-order valence-electron chi connectivity index (χ2n) is 5.05. The number of nitro groups is 1. The molecule has 1 aromatic carbocycles. The van der Waals surface area contributed by atoms with Crippen molar-refractivity contribution in [2.24, 2.45) is 0 Å². The molecular formula is C16H21N2O7P. The highest BCUT2D eigenvalue weighted by Crippen LogP contribution is 2.55. The van der Waals surface area contributed by atoms with E-state index in [1.54, 1.807) is 13.8 Å². The zero-order valence-electron chi connectivity index (χ0n) is 15.0. The summed E-state index contributed by atoms with van der Waals surface area (Å²) in [5.41, 5.74) is 0.191. The molecule has 0 unspecified atom stereocenters. The largest absolute Gasteiger partial charge is 0.364 e. The van der Waals surface area contributed by atoms with E-state index >= 15 is 0 Å². The van der Waals surface area contributed by atoms with E-state index in [0.29, 0.717) is 18.7 Å². The Bertz CT molecular complexity index is 746. The topological polar surface area (TPSA) is 116 Å². The van der Waals surface area contributed by atoms with Crippen LogP contribution in [0.15, 0.2) is 29.6 Å². The molecule has 142 valence electrons. The van der Waals surface area contributed by atoms with Gasteiger partial charge in [0.1, 0.15) is 5.31 Å². The molecule has 0 aliphatic rings. The normalized spacial score (nSPS) is 11.9. The van der Waals surface area contributed by atoms with Crippen molar-refractivity contribution < 1.29 is 28.1 Å². The number of nitro benzene ring substituents is 1. The molecule has 0 N–H and O–H groups in total. The number of Topliss-reactive ketones (excluding diaryl/α,β-unsaturated/α-hetero) is 1. The van der Waals surface area contributed by atoms with E-state index < -0.39 is 29.5 Å². The van der Waals surface area contributed by atoms with Crippen molar-refractivity contribution >= 4 is 31.0 Å². The maximum Gasteiger partial charge on any atom is 0.364 e. The molecule has 0 saturated heterocycles. The van der Waals surface area contributed by atoms with Crippen LogP contribution in [0.25, 0.3) is 6.08 Å². The van der Waals surface area contributed by atoms with Crippen LogP contribution in [0.5, 0.6) is 0 Å². The summed E-state index contributed by atoms with van der Waals surface area (Å²) in [5.74, 6) is -1.85. The Labute approximate surface area is 151 Å². The molecule has 0 aliphatic heterocycles. The summed E-state index contributed by atoms with van der Waals surface area (Å²) in [6.45, 7) is 4.02. The maximum absolute atomic E-state index is 12.8. The summed E-state index contributed by atoms with van der Waals surface area (Å²) in [6.07, 6.45) is 1.18. The summed E-state index contributed by atoms with van der Waals surface area (Å²) < 4.78 is 22.5. The summed E-state index contributed by atoms with van der Waals surface area (Å²) >= 11 is 0. The van der Waals surface area contributed by atoms with Crippen molar-refractivity contribution in [2.75, 3.05) is 27.3 Å². The molecule has 0 spiro atoms. The second kappa shape index (κ2) is 9.38. The molecule has 9 nitrogen and oxygen atoms in total. The van der Waals surface area contributed by atoms with Crippen LogP contribution in [0, 0.1) is 10.1 Å². The van der Waals surface area contributed by atoms with Gasteiger partial charge in [-0.05, 0) is 37.6 Å². The van der Waals surface area contributed by atoms with E-state index in [4.69, 9.17) is 9.05 Å². The minimum Gasteiger partial charge on any atom is -0.336 e. The molecule has 1 aromatic rings. The van der Waals surface area contributed by atoms with Gasteiger partial charge in [0, 0.05) is 39.4 Å². The van der Waals surface area contributed by atoms with Crippen LogP contribution in [0.1, 0.15) is 19.4 Å². The average Bonchev–Trinajstić information content (AvgIpc) is 2.66. The highest BCUT2D eigenvalue weighted by atomic mass is 31.2. The van der Waals surface area contributed by atoms with Gasteiger partial charge in [0.25, 0.3) is 17.4 Å². The van der Waals surface area contributed by atoms with Gasteiger partial charge in [0.15, 0.2) is 0 Å². The molecule has 0 radical (unpaired) electrons. The Balaban J connectivity index is 3.42. The molecule has 0 saturated carbocycles. The number of rotatable bonds is 9. The van der Waals surface area contributed by atoms with E-state index in [2.05, 4.69) is 0 Å². The average molecular weight is 384 g/mol. The van der Waals surface area contributed by atoms with Crippen molar-refractivity contribution in [3.63, 3.8) is 0 Å². The summed E-state index contributed by atoms with van der Waals surface area (Å²) in [6, 6.07) is 5.18. The Kier molecular flexibility index (Phi) is 7.82. The van der Waals surface area contributed by atoms with Crippen LogP contribution in [-0.4, -0.2) is 48.8 Å². The number of hydrogen-bond acceptors (Lipinski definition) is 7. The van der Waals surface area contributed by atoms with Gasteiger partial charge in [-0.2, -0.15) is 0 Å². The van der Waals surface area contributed by atoms with Gasteiger partial charge < -0.3 is 13.9 Å². The van der Waals surface area contributed by atoms with Gasteiger partial charge in [-0.25, -0.2) is 0 Å². The number of ketones is 1. The number of nitrogens with zero attached hydrogens (tertiary/aromatic N) is 2. The predicted octanol–water partition coefficient (Wildman–Crippen LogP) is 2.86. The monoisotopic (exact) mass is 384 g/mol. The molecule has 0 atom stereocenters. The standard InChI is InChI=1S/C16H21N2O7P/c1-5-17(6-2)16(20)15(19)14(26(23,24-3)25-4)11-12-7-9-13(10-8-12)18(21)22/h7-11H,5-6H2,1-4H3/b14-11+. The van der Waals surface area contributed by atoms with E-state index in [1.165, 1.54) is 35.2 Å². The molecule has 10 heteroatoms. The molecular weight excluding hydrogens is 363 g/mol. The van der Waals surface area contributed by atoms with Gasteiger partial charge >= 0.3 is 7.60 Å². The number of amides is 1. The smallest absolute Gasteiger partial charge is 0.336 e. The summed E-state index contributed by atoms with van der Waals surface area (Å²) in [4.78, 5) is 36.5. The first-order valence-electron chi connectivity index (χ1n) is 7.75. The van der Waals surface area contributed by atoms with Crippen LogP contribution >= 0.6 is 7.60 Å². The summed E-state index contributed by atoms with van der Waals surface area (Å²) in [5, 5.41) is 10.3. The molecule has 1 rings (SSSR count). The van der Waals surface area contributed by atoms with Gasteiger partial charge in [-0.1, -0.05) is 0 Å². The van der Waals surface area contributed by atoms with Crippen LogP contribution < -0.4 is 0 Å². The fraction of sp³-hybridized carbons (Fsp3) is 0.375. The van der Waals surface area contributed by atoms with Gasteiger partial charge in [-0.15, -0.1) is 0 Å². The number of carbonyl (C=O) groups excluding carboxylic acids is 2. The SMILES string of the molecule is CCN(CC)C(=O)C(=O)/C(=C\c1ccc([N+](=O)[O-])cc1)P(=O)(OC)OC. The lowest BCUT2D eigenvalue weighted by Gasteiger charge is -2.21. The van der Waals surface area contributed by atoms with Crippen LogP contribution in [0.2, 0.25) is 0 Å². The number of benzene rings is 1. The van der Waals surface area contributed by atoms with Crippen LogP contribution in [0.4, 0.5) is 5.69 Å². The molecule has 0 bridgehead atoms. The minimum absolute atomic E-state index is 0.143. The first-order chi connectivity index (χ1) is 12.2. The predicted molar refractivity (Wildman–Crippen MR) is 95.6 cm³/mol. The van der Waals surface area contributed by atoms with Crippen molar-refractivity contribution in [2.45, 2.75) is 13.8 Å². The third-order valence-corrected chi connectivity index (χ3v) is 5.54. The highest BCUT2D eigenvalue weighted by molar-refractivity contribution is 7.60. The number of non-ortho nitro benzene ring substituents is 1. The van der Waals surface area contributed by atoms with Gasteiger partial charge in [-0.3, -0.25) is 24.3 Å². The Morgan fingerprint density at radius 3 is 2.04 bits per heavy atom. The van der Waals surface area contributed by atoms with Crippen LogP contribution in [-0.2, 0) is 23.2 Å². The van der Waals surface area contributed by atoms with E-state index in [9.17, 15) is 24.3 Å². The zero-order chi connectivity index (χ0) is 19.9. The van der Waals surface area contributed by atoms with Gasteiger partial charge in [0.2, 0.25) is 0 Å². The van der Waals surface area contributed by atoms with E-state index in [0.717, 1.165) is 14.2 Å². The Morgan fingerprint density at radius 2 is 1.65 bits per heavy atom. The van der Waals surface area contributed by atoms with E-state index in [-0.39, 0.29) is 5.69 Å². The molecule has 1 amide bonds. The fourth-order valence-corrected chi connectivity index (χ4v) is 3.35. The zero-order valence-corrected chi connectivity index (χ0v) is 15.9. The molecule has 26 heavy (non-hydrogen) atoms. The first kappa shape index (κ1) is 21.7. The molecule has 0 heterocycles. The van der Waals surface area contributed by atoms with E-state index in [1.807, 2.05) is 0 Å². The molecule has 0 aromatic heterocycles. The third kappa shape index (κ3) is 4.85. The van der Waals surface area contributed by atoms with Crippen molar-refractivity contribution in [1.29, 1.82) is 0 Å². The number of hydrogen-bond donors (Lipinski definition) is 0. The Hall–Kier alpha value is -2.35. The Morgan fingerprint density at radius 1 is 1.15 bits per heavy atom. The number of carbonyl (C=O) groups is 2. The maximum atomic E-state index is 12.8. The molecule has 0 aliphatic carbocycles. The molecule has 0 fully saturated rings.